The van der Waals surface area contributed by atoms with Crippen molar-refractivity contribution in [1.29, 1.82) is 0 Å². The van der Waals surface area contributed by atoms with Crippen molar-refractivity contribution in [2.75, 3.05) is 19.7 Å². The van der Waals surface area contributed by atoms with Crippen LogP contribution in [-0.2, 0) is 20.7 Å². The average Bonchev–Trinajstić information content (AvgIpc) is 3.04. The number of carbonyl (C=O) groups excluding carboxylic acids is 2. The molecular formula is C17H22N2O3. The molecule has 3 rings (SSSR count). The predicted molar refractivity (Wildman–Crippen MR) is 82.3 cm³/mol. The highest BCUT2D eigenvalue weighted by Crippen LogP contribution is 2.30. The number of carbonyl (C=O) groups is 2. The van der Waals surface area contributed by atoms with E-state index in [4.69, 9.17) is 4.74 Å². The van der Waals surface area contributed by atoms with E-state index in [1.807, 2.05) is 31.2 Å². The van der Waals surface area contributed by atoms with Crippen molar-refractivity contribution in [3.8, 4) is 0 Å². The van der Waals surface area contributed by atoms with Gasteiger partial charge in [0, 0.05) is 19.7 Å². The molecule has 0 aliphatic carbocycles. The molecule has 0 radical (unpaired) electrons. The van der Waals surface area contributed by atoms with Gasteiger partial charge in [-0.3, -0.25) is 9.59 Å². The molecule has 1 fully saturated rings. The minimum Gasteiger partial charge on any atom is -0.376 e. The summed E-state index contributed by atoms with van der Waals surface area (Å²) in [5, 5.41) is 2.96. The fourth-order valence-electron chi connectivity index (χ4n) is 3.30. The van der Waals surface area contributed by atoms with E-state index in [0.29, 0.717) is 19.5 Å². The number of benzene rings is 1. The largest absolute Gasteiger partial charge is 0.376 e. The summed E-state index contributed by atoms with van der Waals surface area (Å²) in [6, 6.07) is 7.18. The third-order valence-electron chi connectivity index (χ3n) is 4.44. The number of ether oxygens (including phenoxy) is 1. The van der Waals surface area contributed by atoms with Crippen molar-refractivity contribution in [3.63, 3.8) is 0 Å². The highest BCUT2D eigenvalue weighted by Gasteiger charge is 2.36. The van der Waals surface area contributed by atoms with Gasteiger partial charge in [0.05, 0.1) is 12.5 Å². The van der Waals surface area contributed by atoms with Gasteiger partial charge in [0.2, 0.25) is 11.8 Å². The summed E-state index contributed by atoms with van der Waals surface area (Å²) in [7, 11) is 0. The van der Waals surface area contributed by atoms with Crippen LogP contribution in [0.2, 0.25) is 0 Å². The van der Waals surface area contributed by atoms with Crippen LogP contribution in [0.4, 0.5) is 0 Å². The van der Waals surface area contributed by atoms with E-state index in [-0.39, 0.29) is 17.9 Å². The third-order valence-corrected chi connectivity index (χ3v) is 4.44. The second-order valence-electron chi connectivity index (χ2n) is 5.84. The minimum absolute atomic E-state index is 0.0125. The number of amides is 2. The average molecular weight is 302 g/mol. The van der Waals surface area contributed by atoms with Crippen molar-refractivity contribution in [2.45, 2.75) is 38.3 Å². The molecule has 0 unspecified atom stereocenters. The molecule has 1 aromatic rings. The van der Waals surface area contributed by atoms with Crippen molar-refractivity contribution in [1.82, 2.24) is 10.2 Å². The van der Waals surface area contributed by atoms with E-state index in [1.54, 1.807) is 4.90 Å². The Balaban J connectivity index is 1.78. The van der Waals surface area contributed by atoms with Gasteiger partial charge in [-0.2, -0.15) is 0 Å². The van der Waals surface area contributed by atoms with Gasteiger partial charge in [-0.25, -0.2) is 0 Å². The first kappa shape index (κ1) is 15.0. The number of nitrogens with one attached hydrogen (secondary N) is 1. The molecule has 0 saturated carbocycles. The molecule has 0 aromatic heterocycles. The standard InChI is InChI=1S/C17H22N2O3/c1-2-19-15(20)10-12-6-3-4-8-14(12)16(19)17(21)18-11-13-7-5-9-22-13/h3-4,6,8,13,16H,2,5,7,9-11H2,1H3,(H,18,21)/t13-,16-/m1/s1. The highest BCUT2D eigenvalue weighted by atomic mass is 16.5. The Morgan fingerprint density at radius 3 is 2.95 bits per heavy atom. The maximum Gasteiger partial charge on any atom is 0.247 e. The molecule has 2 aliphatic heterocycles. The molecule has 0 bridgehead atoms. The van der Waals surface area contributed by atoms with Crippen LogP contribution in [-0.4, -0.2) is 42.5 Å². The van der Waals surface area contributed by atoms with Gasteiger partial charge in [0.1, 0.15) is 6.04 Å². The van der Waals surface area contributed by atoms with Crippen molar-refractivity contribution < 1.29 is 14.3 Å². The van der Waals surface area contributed by atoms with E-state index in [2.05, 4.69) is 5.32 Å². The first-order valence-electron chi connectivity index (χ1n) is 7.97. The third kappa shape index (κ3) is 2.86. The van der Waals surface area contributed by atoms with Crippen molar-refractivity contribution >= 4 is 11.8 Å². The van der Waals surface area contributed by atoms with Crippen LogP contribution in [0, 0.1) is 0 Å². The molecule has 22 heavy (non-hydrogen) atoms. The first-order chi connectivity index (χ1) is 10.7. The van der Waals surface area contributed by atoms with Crippen LogP contribution in [0.3, 0.4) is 0 Å². The van der Waals surface area contributed by atoms with Gasteiger partial charge in [-0.15, -0.1) is 0 Å². The molecule has 2 aliphatic rings. The minimum atomic E-state index is -0.524. The molecule has 5 heteroatoms. The lowest BCUT2D eigenvalue weighted by Gasteiger charge is -2.35. The first-order valence-corrected chi connectivity index (χ1v) is 7.97. The quantitative estimate of drug-likeness (QED) is 0.915. The van der Waals surface area contributed by atoms with Crippen LogP contribution in [0.25, 0.3) is 0 Å². The normalized spacial score (nSPS) is 24.2. The summed E-state index contributed by atoms with van der Waals surface area (Å²) in [6.07, 6.45) is 2.51. The SMILES string of the molecule is CCN1C(=O)Cc2ccccc2[C@@H]1C(=O)NC[C@H]1CCCO1. The molecule has 2 amide bonds. The Bertz CT molecular complexity index is 567. The summed E-state index contributed by atoms with van der Waals surface area (Å²) in [4.78, 5) is 26.6. The van der Waals surface area contributed by atoms with Crippen LogP contribution in [0.5, 0.6) is 0 Å². The van der Waals surface area contributed by atoms with Gasteiger partial charge in [-0.05, 0) is 30.9 Å². The maximum absolute atomic E-state index is 12.7. The Kier molecular flexibility index (Phi) is 4.43. The van der Waals surface area contributed by atoms with Gasteiger partial charge >= 0.3 is 0 Å². The zero-order valence-electron chi connectivity index (χ0n) is 12.9. The van der Waals surface area contributed by atoms with Crippen LogP contribution in [0.15, 0.2) is 24.3 Å². The number of likely N-dealkylation sites (N-methyl/N-ethyl adjacent to an activating group) is 1. The fourth-order valence-corrected chi connectivity index (χ4v) is 3.30. The lowest BCUT2D eigenvalue weighted by atomic mass is 9.91. The smallest absolute Gasteiger partial charge is 0.247 e. The molecule has 1 N–H and O–H groups in total. The number of fused-ring (bicyclic) bond motifs is 1. The zero-order chi connectivity index (χ0) is 15.5. The van der Waals surface area contributed by atoms with E-state index >= 15 is 0 Å². The number of hydrogen-bond donors (Lipinski definition) is 1. The van der Waals surface area contributed by atoms with Gasteiger partial charge in [0.15, 0.2) is 0 Å². The Hall–Kier alpha value is -1.88. The molecule has 1 saturated heterocycles. The van der Waals surface area contributed by atoms with Gasteiger partial charge < -0.3 is 15.0 Å². The number of hydrogen-bond acceptors (Lipinski definition) is 3. The van der Waals surface area contributed by atoms with Gasteiger partial charge in [0.25, 0.3) is 0 Å². The van der Waals surface area contributed by atoms with E-state index in [9.17, 15) is 9.59 Å². The topological polar surface area (TPSA) is 58.6 Å². The Labute approximate surface area is 130 Å². The molecule has 118 valence electrons. The highest BCUT2D eigenvalue weighted by molar-refractivity contribution is 5.92. The Morgan fingerprint density at radius 2 is 2.23 bits per heavy atom. The second-order valence-corrected chi connectivity index (χ2v) is 5.84. The fraction of sp³-hybridized carbons (Fsp3) is 0.529. The van der Waals surface area contributed by atoms with Crippen LogP contribution in [0.1, 0.15) is 36.9 Å². The maximum atomic E-state index is 12.7. The summed E-state index contributed by atoms with van der Waals surface area (Å²) in [6.45, 7) is 3.73. The predicted octanol–water partition coefficient (Wildman–Crippen LogP) is 1.43. The lowest BCUT2D eigenvalue weighted by Crippen LogP contribution is -2.48. The van der Waals surface area contributed by atoms with E-state index < -0.39 is 6.04 Å². The summed E-state index contributed by atoms with van der Waals surface area (Å²) < 4.78 is 5.54. The summed E-state index contributed by atoms with van der Waals surface area (Å²) >= 11 is 0. The number of rotatable bonds is 4. The molecule has 2 atom stereocenters. The van der Waals surface area contributed by atoms with Crippen LogP contribution >= 0.6 is 0 Å². The zero-order valence-corrected chi connectivity index (χ0v) is 12.9. The van der Waals surface area contributed by atoms with Crippen molar-refractivity contribution in [3.05, 3.63) is 35.4 Å². The molecule has 5 nitrogen and oxygen atoms in total. The molecular weight excluding hydrogens is 280 g/mol. The van der Waals surface area contributed by atoms with E-state index in [1.165, 1.54) is 0 Å². The number of nitrogens with zero attached hydrogens (tertiary/aromatic N) is 1. The Morgan fingerprint density at radius 1 is 1.41 bits per heavy atom. The van der Waals surface area contributed by atoms with Crippen LogP contribution < -0.4 is 5.32 Å². The lowest BCUT2D eigenvalue weighted by molar-refractivity contribution is -0.141. The second kappa shape index (κ2) is 6.48. The van der Waals surface area contributed by atoms with Crippen molar-refractivity contribution in [2.24, 2.45) is 0 Å². The summed E-state index contributed by atoms with van der Waals surface area (Å²) in [5.74, 6) is -0.101. The molecule has 1 aromatic carbocycles. The molecule has 0 spiro atoms. The van der Waals surface area contributed by atoms with Gasteiger partial charge in [-0.1, -0.05) is 24.3 Å². The molecule has 2 heterocycles. The van der Waals surface area contributed by atoms with E-state index in [0.717, 1.165) is 30.6 Å². The monoisotopic (exact) mass is 302 g/mol. The summed E-state index contributed by atoms with van der Waals surface area (Å²) in [5.41, 5.74) is 1.89.